The fourth-order valence-corrected chi connectivity index (χ4v) is 4.39. The first-order valence-corrected chi connectivity index (χ1v) is 10.1. The Labute approximate surface area is 168 Å². The second kappa shape index (κ2) is 8.01. The van der Waals surface area contributed by atoms with Crippen molar-refractivity contribution in [1.29, 1.82) is 0 Å². The average Bonchev–Trinajstić information content (AvgIpc) is 3.46. The summed E-state index contributed by atoms with van der Waals surface area (Å²) in [6.45, 7) is 0.340. The van der Waals surface area contributed by atoms with E-state index in [0.717, 1.165) is 14.6 Å². The van der Waals surface area contributed by atoms with Crippen molar-refractivity contribution in [2.24, 2.45) is 0 Å². The number of carbonyl (C=O) groups excluding carboxylic acids is 2. The third kappa shape index (κ3) is 4.01. The molecule has 4 rings (SSSR count). The van der Waals surface area contributed by atoms with Crippen LogP contribution in [-0.4, -0.2) is 23.7 Å². The van der Waals surface area contributed by atoms with Crippen LogP contribution in [0.15, 0.2) is 47.8 Å². The van der Waals surface area contributed by atoms with Gasteiger partial charge in [0.1, 0.15) is 6.10 Å². The van der Waals surface area contributed by atoms with Crippen LogP contribution in [0.5, 0.6) is 11.5 Å². The molecule has 9 heteroatoms. The summed E-state index contributed by atoms with van der Waals surface area (Å²) in [5.74, 6) is -0.394. The van der Waals surface area contributed by atoms with E-state index in [0.29, 0.717) is 17.2 Å². The third-order valence-corrected chi connectivity index (χ3v) is 6.09. The summed E-state index contributed by atoms with van der Waals surface area (Å²) in [7, 11) is 0. The second-order valence-corrected chi connectivity index (χ2v) is 8.11. The van der Waals surface area contributed by atoms with E-state index in [1.807, 2.05) is 29.6 Å². The molecule has 28 heavy (non-hydrogen) atoms. The van der Waals surface area contributed by atoms with Gasteiger partial charge >= 0.3 is 11.8 Å². The zero-order valence-electron chi connectivity index (χ0n) is 14.5. The van der Waals surface area contributed by atoms with E-state index in [9.17, 15) is 14.7 Å². The van der Waals surface area contributed by atoms with E-state index in [1.54, 1.807) is 18.2 Å². The normalized spacial score (nSPS) is 13.2. The number of hydrogen-bond acceptors (Lipinski definition) is 7. The van der Waals surface area contributed by atoms with Crippen LogP contribution in [0.3, 0.4) is 0 Å². The van der Waals surface area contributed by atoms with Gasteiger partial charge in [-0.05, 0) is 35.7 Å². The maximum absolute atomic E-state index is 12.1. The topological polar surface area (TPSA) is 96.9 Å². The minimum atomic E-state index is -0.769. The molecule has 2 amide bonds. The highest BCUT2D eigenvalue weighted by molar-refractivity contribution is 7.12. The monoisotopic (exact) mass is 416 g/mol. The highest BCUT2D eigenvalue weighted by atomic mass is 32.1. The highest BCUT2D eigenvalue weighted by Crippen LogP contribution is 2.34. The summed E-state index contributed by atoms with van der Waals surface area (Å²) >= 11 is 2.87. The molecular weight excluding hydrogens is 400 g/mol. The number of fused-ring (bicyclic) bond motifs is 1. The lowest BCUT2D eigenvalue weighted by atomic mass is 10.2. The van der Waals surface area contributed by atoms with Crippen molar-refractivity contribution in [3.05, 3.63) is 62.5 Å². The van der Waals surface area contributed by atoms with Crippen LogP contribution < -0.4 is 20.1 Å². The van der Waals surface area contributed by atoms with Gasteiger partial charge in [0.05, 0.1) is 6.54 Å². The molecule has 0 aliphatic carbocycles. The minimum absolute atomic E-state index is 0.136. The maximum Gasteiger partial charge on any atom is 0.313 e. The van der Waals surface area contributed by atoms with Gasteiger partial charge in [0.25, 0.3) is 0 Å². The second-order valence-electron chi connectivity index (χ2n) is 5.93. The quantitative estimate of drug-likeness (QED) is 0.556. The third-order valence-electron chi connectivity index (χ3n) is 4.02. The van der Waals surface area contributed by atoms with Crippen LogP contribution in [0.1, 0.15) is 20.7 Å². The SMILES string of the molecule is O=C(NCc1ccc(C(O)c2cccs2)s1)C(=O)Nc1ccc2c(c1)OCO2. The zero-order valence-corrected chi connectivity index (χ0v) is 16.1. The number of thiophene rings is 2. The molecule has 0 saturated heterocycles. The van der Waals surface area contributed by atoms with E-state index in [1.165, 1.54) is 22.7 Å². The molecule has 1 aliphatic heterocycles. The molecule has 0 saturated carbocycles. The van der Waals surface area contributed by atoms with Gasteiger partial charge in [0.15, 0.2) is 11.5 Å². The summed E-state index contributed by atoms with van der Waals surface area (Å²) < 4.78 is 10.4. The minimum Gasteiger partial charge on any atom is -0.454 e. The van der Waals surface area contributed by atoms with E-state index in [4.69, 9.17) is 9.47 Å². The highest BCUT2D eigenvalue weighted by Gasteiger charge is 2.18. The van der Waals surface area contributed by atoms with Crippen molar-refractivity contribution < 1.29 is 24.2 Å². The number of carbonyl (C=O) groups is 2. The fourth-order valence-electron chi connectivity index (χ4n) is 2.63. The first-order chi connectivity index (χ1) is 13.6. The molecule has 2 aromatic heterocycles. The molecule has 3 heterocycles. The van der Waals surface area contributed by atoms with Gasteiger partial charge < -0.3 is 25.2 Å². The molecule has 0 spiro atoms. The summed E-state index contributed by atoms with van der Waals surface area (Å²) in [4.78, 5) is 26.6. The Morgan fingerprint density at radius 2 is 1.93 bits per heavy atom. The molecule has 3 aromatic rings. The van der Waals surface area contributed by atoms with Crippen LogP contribution in [0, 0.1) is 0 Å². The fraction of sp³-hybridized carbons (Fsp3) is 0.158. The van der Waals surface area contributed by atoms with Gasteiger partial charge in [-0.1, -0.05) is 6.07 Å². The Bertz CT molecular complexity index is 1000. The number of anilines is 1. The number of amides is 2. The molecule has 0 radical (unpaired) electrons. The van der Waals surface area contributed by atoms with Crippen molar-refractivity contribution in [1.82, 2.24) is 5.32 Å². The lowest BCUT2D eigenvalue weighted by Crippen LogP contribution is -2.34. The van der Waals surface area contributed by atoms with Crippen LogP contribution in [-0.2, 0) is 16.1 Å². The van der Waals surface area contributed by atoms with Gasteiger partial charge in [-0.15, -0.1) is 22.7 Å². The van der Waals surface area contributed by atoms with Gasteiger partial charge in [-0.2, -0.15) is 0 Å². The number of rotatable bonds is 5. The molecule has 1 aromatic carbocycles. The molecule has 7 nitrogen and oxygen atoms in total. The molecule has 1 atom stereocenters. The first-order valence-electron chi connectivity index (χ1n) is 8.39. The molecular formula is C19H16N2O5S2. The molecule has 0 bridgehead atoms. The van der Waals surface area contributed by atoms with Crippen LogP contribution >= 0.6 is 22.7 Å². The molecule has 0 fully saturated rings. The summed E-state index contributed by atoms with van der Waals surface area (Å²) in [5, 5.41) is 17.4. The van der Waals surface area contributed by atoms with Gasteiger partial charge in [-0.25, -0.2) is 0 Å². The lowest BCUT2D eigenvalue weighted by molar-refractivity contribution is -0.136. The van der Waals surface area contributed by atoms with E-state index in [2.05, 4.69) is 10.6 Å². The summed E-state index contributed by atoms with van der Waals surface area (Å²) in [6, 6.07) is 12.3. The summed E-state index contributed by atoms with van der Waals surface area (Å²) in [5.41, 5.74) is 0.446. The van der Waals surface area contributed by atoms with Crippen LogP contribution in [0.25, 0.3) is 0 Å². The number of benzene rings is 1. The summed E-state index contributed by atoms with van der Waals surface area (Å²) in [6.07, 6.45) is -0.677. The average molecular weight is 416 g/mol. The van der Waals surface area contributed by atoms with E-state index < -0.39 is 17.9 Å². The number of hydrogen-bond donors (Lipinski definition) is 3. The predicted molar refractivity (Wildman–Crippen MR) is 106 cm³/mol. The van der Waals surface area contributed by atoms with Crippen molar-refractivity contribution in [2.75, 3.05) is 12.1 Å². The van der Waals surface area contributed by atoms with Crippen molar-refractivity contribution >= 4 is 40.2 Å². The number of ether oxygens (including phenoxy) is 2. The standard InChI is InChI=1S/C19H16N2O5S2/c22-17(15-2-1-7-27-15)16-6-4-12(28-16)9-20-18(23)19(24)21-11-3-5-13-14(8-11)26-10-25-13/h1-8,17,22H,9-10H2,(H,20,23)(H,21,24). The molecule has 1 unspecified atom stereocenters. The van der Waals surface area contributed by atoms with Crippen LogP contribution in [0.4, 0.5) is 5.69 Å². The molecule has 1 aliphatic rings. The zero-order chi connectivity index (χ0) is 19.5. The van der Waals surface area contributed by atoms with Gasteiger partial charge in [-0.3, -0.25) is 9.59 Å². The number of aliphatic hydroxyl groups excluding tert-OH is 1. The number of nitrogens with one attached hydrogen (secondary N) is 2. The van der Waals surface area contributed by atoms with Crippen molar-refractivity contribution in [2.45, 2.75) is 12.6 Å². The smallest absolute Gasteiger partial charge is 0.313 e. The Morgan fingerprint density at radius 1 is 1.07 bits per heavy atom. The Morgan fingerprint density at radius 3 is 2.75 bits per heavy atom. The largest absolute Gasteiger partial charge is 0.454 e. The first kappa shape index (κ1) is 18.5. The number of aliphatic hydroxyl groups is 1. The van der Waals surface area contributed by atoms with Crippen molar-refractivity contribution in [3.63, 3.8) is 0 Å². The Kier molecular flexibility index (Phi) is 5.29. The lowest BCUT2D eigenvalue weighted by Gasteiger charge is -2.07. The van der Waals surface area contributed by atoms with Crippen molar-refractivity contribution in [3.8, 4) is 11.5 Å². The Balaban J connectivity index is 1.31. The van der Waals surface area contributed by atoms with Crippen LogP contribution in [0.2, 0.25) is 0 Å². The van der Waals surface area contributed by atoms with E-state index >= 15 is 0 Å². The van der Waals surface area contributed by atoms with Gasteiger partial charge in [0, 0.05) is 26.4 Å². The predicted octanol–water partition coefficient (Wildman–Crippen LogP) is 2.87. The van der Waals surface area contributed by atoms with E-state index in [-0.39, 0.29) is 13.3 Å². The molecule has 3 N–H and O–H groups in total. The molecule has 144 valence electrons. The Hall–Kier alpha value is -2.88. The maximum atomic E-state index is 12.1. The van der Waals surface area contributed by atoms with Gasteiger partial charge in [0.2, 0.25) is 6.79 Å².